The Morgan fingerprint density at radius 3 is 2.56 bits per heavy atom. The first-order valence-electron chi connectivity index (χ1n) is 6.20. The summed E-state index contributed by atoms with van der Waals surface area (Å²) in [5.74, 6) is 2.23. The average Bonchev–Trinajstić information content (AvgIpc) is 2.65. The Labute approximate surface area is 97.8 Å². The molecule has 16 heavy (non-hydrogen) atoms. The van der Waals surface area contributed by atoms with Crippen LogP contribution < -0.4 is 5.32 Å². The monoisotopic (exact) mass is 225 g/mol. The topological polar surface area (TPSA) is 51.0 Å². The lowest BCUT2D eigenvalue weighted by Gasteiger charge is -2.17. The maximum absolute atomic E-state index is 5.21. The zero-order chi connectivity index (χ0) is 12.0. The van der Waals surface area contributed by atoms with Crippen LogP contribution in [0.5, 0.6) is 0 Å². The SMILES string of the molecule is CCNC(Cc1nc(CC)no1)CC(C)C. The van der Waals surface area contributed by atoms with Crippen molar-refractivity contribution >= 4 is 0 Å². The summed E-state index contributed by atoms with van der Waals surface area (Å²) >= 11 is 0. The highest BCUT2D eigenvalue weighted by atomic mass is 16.5. The van der Waals surface area contributed by atoms with Gasteiger partial charge in [0.1, 0.15) is 0 Å². The van der Waals surface area contributed by atoms with Crippen LogP contribution in [0.2, 0.25) is 0 Å². The molecule has 1 N–H and O–H groups in total. The summed E-state index contributed by atoms with van der Waals surface area (Å²) < 4.78 is 5.21. The first-order valence-corrected chi connectivity index (χ1v) is 6.20. The zero-order valence-electron chi connectivity index (χ0n) is 10.8. The van der Waals surface area contributed by atoms with Crippen LogP contribution in [0, 0.1) is 5.92 Å². The van der Waals surface area contributed by atoms with E-state index < -0.39 is 0 Å². The maximum atomic E-state index is 5.21. The summed E-state index contributed by atoms with van der Waals surface area (Å²) in [5.41, 5.74) is 0. The Balaban J connectivity index is 2.52. The lowest BCUT2D eigenvalue weighted by atomic mass is 10.0. The molecule has 0 aromatic carbocycles. The first-order chi connectivity index (χ1) is 7.65. The largest absolute Gasteiger partial charge is 0.339 e. The summed E-state index contributed by atoms with van der Waals surface area (Å²) in [6.45, 7) is 9.60. The molecule has 0 spiro atoms. The Kier molecular flexibility index (Phi) is 5.46. The summed E-state index contributed by atoms with van der Waals surface area (Å²) in [7, 11) is 0. The van der Waals surface area contributed by atoms with Crippen molar-refractivity contribution in [2.45, 2.75) is 53.0 Å². The number of hydrogen-bond donors (Lipinski definition) is 1. The molecule has 0 radical (unpaired) electrons. The van der Waals surface area contributed by atoms with Gasteiger partial charge in [-0.05, 0) is 18.9 Å². The van der Waals surface area contributed by atoms with E-state index in [4.69, 9.17) is 4.52 Å². The van der Waals surface area contributed by atoms with Gasteiger partial charge in [-0.2, -0.15) is 4.98 Å². The Morgan fingerprint density at radius 1 is 1.31 bits per heavy atom. The van der Waals surface area contributed by atoms with Crippen molar-refractivity contribution in [3.63, 3.8) is 0 Å². The third kappa shape index (κ3) is 4.31. The van der Waals surface area contributed by atoms with Crippen LogP contribution >= 0.6 is 0 Å². The normalized spacial score (nSPS) is 13.3. The summed E-state index contributed by atoms with van der Waals surface area (Å²) in [6, 6.07) is 0.440. The third-order valence-electron chi connectivity index (χ3n) is 2.50. The fourth-order valence-corrected chi connectivity index (χ4v) is 1.82. The van der Waals surface area contributed by atoms with E-state index in [0.29, 0.717) is 12.0 Å². The molecule has 0 saturated carbocycles. The maximum Gasteiger partial charge on any atom is 0.228 e. The minimum atomic E-state index is 0.440. The Hall–Kier alpha value is -0.900. The highest BCUT2D eigenvalue weighted by Gasteiger charge is 2.14. The fourth-order valence-electron chi connectivity index (χ4n) is 1.82. The van der Waals surface area contributed by atoms with E-state index in [1.807, 2.05) is 6.92 Å². The Bertz CT molecular complexity index is 296. The highest BCUT2D eigenvalue weighted by Crippen LogP contribution is 2.10. The van der Waals surface area contributed by atoms with Crippen molar-refractivity contribution in [2.24, 2.45) is 5.92 Å². The molecule has 0 bridgehead atoms. The zero-order valence-corrected chi connectivity index (χ0v) is 10.8. The van der Waals surface area contributed by atoms with Crippen LogP contribution in [0.15, 0.2) is 4.52 Å². The van der Waals surface area contributed by atoms with Crippen molar-refractivity contribution in [3.8, 4) is 0 Å². The molecule has 0 aliphatic carbocycles. The van der Waals surface area contributed by atoms with Gasteiger partial charge in [0.25, 0.3) is 0 Å². The molecule has 1 unspecified atom stereocenters. The van der Waals surface area contributed by atoms with Crippen molar-refractivity contribution in [2.75, 3.05) is 6.54 Å². The molecule has 0 amide bonds. The van der Waals surface area contributed by atoms with E-state index in [9.17, 15) is 0 Å². The molecular weight excluding hydrogens is 202 g/mol. The van der Waals surface area contributed by atoms with Crippen LogP contribution in [0.4, 0.5) is 0 Å². The van der Waals surface area contributed by atoms with Crippen LogP contribution in [-0.4, -0.2) is 22.7 Å². The van der Waals surface area contributed by atoms with Gasteiger partial charge in [-0.15, -0.1) is 0 Å². The van der Waals surface area contributed by atoms with E-state index in [-0.39, 0.29) is 0 Å². The molecule has 0 aliphatic rings. The molecular formula is C12H23N3O. The number of aromatic nitrogens is 2. The number of likely N-dealkylation sites (N-methyl/N-ethyl adjacent to an activating group) is 1. The predicted molar refractivity (Wildman–Crippen MR) is 64.3 cm³/mol. The van der Waals surface area contributed by atoms with Gasteiger partial charge in [-0.3, -0.25) is 0 Å². The third-order valence-corrected chi connectivity index (χ3v) is 2.50. The van der Waals surface area contributed by atoms with Crippen LogP contribution in [0.25, 0.3) is 0 Å². The van der Waals surface area contributed by atoms with E-state index in [1.54, 1.807) is 0 Å². The van der Waals surface area contributed by atoms with Gasteiger partial charge in [-0.25, -0.2) is 0 Å². The van der Waals surface area contributed by atoms with E-state index in [1.165, 1.54) is 0 Å². The number of hydrogen-bond acceptors (Lipinski definition) is 4. The fraction of sp³-hybridized carbons (Fsp3) is 0.833. The lowest BCUT2D eigenvalue weighted by molar-refractivity contribution is 0.337. The van der Waals surface area contributed by atoms with Crippen LogP contribution in [-0.2, 0) is 12.8 Å². The molecule has 1 aromatic heterocycles. The van der Waals surface area contributed by atoms with E-state index in [2.05, 4.69) is 36.2 Å². The first kappa shape index (κ1) is 13.2. The van der Waals surface area contributed by atoms with Crippen molar-refractivity contribution in [3.05, 3.63) is 11.7 Å². The predicted octanol–water partition coefficient (Wildman–Crippen LogP) is 2.20. The smallest absolute Gasteiger partial charge is 0.228 e. The summed E-state index contributed by atoms with van der Waals surface area (Å²) in [4.78, 5) is 4.34. The lowest BCUT2D eigenvalue weighted by Crippen LogP contribution is -2.32. The number of nitrogens with one attached hydrogen (secondary N) is 1. The van der Waals surface area contributed by atoms with Crippen LogP contribution in [0.1, 0.15) is 45.8 Å². The van der Waals surface area contributed by atoms with Gasteiger partial charge in [0.2, 0.25) is 5.89 Å². The number of aryl methyl sites for hydroxylation is 1. The quantitative estimate of drug-likeness (QED) is 0.773. The van der Waals surface area contributed by atoms with Gasteiger partial charge in [-0.1, -0.05) is 32.9 Å². The van der Waals surface area contributed by atoms with Gasteiger partial charge < -0.3 is 9.84 Å². The molecule has 0 saturated heterocycles. The van der Waals surface area contributed by atoms with Gasteiger partial charge in [0.15, 0.2) is 5.82 Å². The van der Waals surface area contributed by atoms with Gasteiger partial charge in [0.05, 0.1) is 0 Å². The molecule has 4 nitrogen and oxygen atoms in total. The number of rotatable bonds is 7. The van der Waals surface area contributed by atoms with Crippen molar-refractivity contribution < 1.29 is 4.52 Å². The number of nitrogens with zero attached hydrogens (tertiary/aromatic N) is 2. The highest BCUT2D eigenvalue weighted by molar-refractivity contribution is 4.89. The van der Waals surface area contributed by atoms with Crippen molar-refractivity contribution in [1.29, 1.82) is 0 Å². The van der Waals surface area contributed by atoms with Crippen LogP contribution in [0.3, 0.4) is 0 Å². The standard InChI is InChI=1S/C12H23N3O/c1-5-11-14-12(16-15-11)8-10(13-6-2)7-9(3)4/h9-10,13H,5-8H2,1-4H3. The van der Waals surface area contributed by atoms with Crippen molar-refractivity contribution in [1.82, 2.24) is 15.5 Å². The average molecular weight is 225 g/mol. The molecule has 1 aromatic rings. The second kappa shape index (κ2) is 6.63. The van der Waals surface area contributed by atoms with Gasteiger partial charge >= 0.3 is 0 Å². The molecule has 1 rings (SSSR count). The summed E-state index contributed by atoms with van der Waals surface area (Å²) in [6.07, 6.45) is 2.80. The second-order valence-electron chi connectivity index (χ2n) is 4.55. The summed E-state index contributed by atoms with van der Waals surface area (Å²) in [5, 5.41) is 7.38. The molecule has 0 aliphatic heterocycles. The molecule has 4 heteroatoms. The second-order valence-corrected chi connectivity index (χ2v) is 4.55. The molecule has 0 fully saturated rings. The molecule has 1 atom stereocenters. The van der Waals surface area contributed by atoms with E-state index >= 15 is 0 Å². The minimum absolute atomic E-state index is 0.440. The Morgan fingerprint density at radius 2 is 2.06 bits per heavy atom. The minimum Gasteiger partial charge on any atom is -0.339 e. The van der Waals surface area contributed by atoms with Gasteiger partial charge in [0, 0.05) is 18.9 Å². The van der Waals surface area contributed by atoms with E-state index in [0.717, 1.165) is 37.5 Å². The molecule has 92 valence electrons. The molecule has 1 heterocycles.